The van der Waals surface area contributed by atoms with Gasteiger partial charge < -0.3 is 4.90 Å². The highest BCUT2D eigenvalue weighted by molar-refractivity contribution is 7.17. The highest BCUT2D eigenvalue weighted by Crippen LogP contribution is 2.45. The molecule has 3 saturated heterocycles. The zero-order valence-electron chi connectivity index (χ0n) is 18.3. The van der Waals surface area contributed by atoms with E-state index in [-0.39, 0.29) is 5.91 Å². The maximum atomic E-state index is 13.8. The van der Waals surface area contributed by atoms with Gasteiger partial charge in [0.2, 0.25) is 0 Å². The second-order valence-corrected chi connectivity index (χ2v) is 10.8. The highest BCUT2D eigenvalue weighted by Gasteiger charge is 2.47. The van der Waals surface area contributed by atoms with Crippen LogP contribution in [0.1, 0.15) is 53.9 Å². The fourth-order valence-electron chi connectivity index (χ4n) is 6.63. The van der Waals surface area contributed by atoms with Crippen molar-refractivity contribution >= 4 is 17.2 Å². The number of carbonyl (C=O) groups excluding carboxylic acids is 1. The van der Waals surface area contributed by atoms with Crippen molar-refractivity contribution in [1.29, 1.82) is 0 Å². The van der Waals surface area contributed by atoms with Crippen molar-refractivity contribution in [3.63, 3.8) is 0 Å². The monoisotopic (exact) mass is 433 g/mol. The van der Waals surface area contributed by atoms with Gasteiger partial charge in [0, 0.05) is 24.7 Å². The molecule has 4 aliphatic rings. The summed E-state index contributed by atoms with van der Waals surface area (Å²) in [5.41, 5.74) is 3.52. The summed E-state index contributed by atoms with van der Waals surface area (Å²) >= 11 is 1.56. The van der Waals surface area contributed by atoms with Crippen molar-refractivity contribution in [2.24, 2.45) is 11.8 Å². The van der Waals surface area contributed by atoms with Crippen molar-refractivity contribution in [3.05, 3.63) is 52.6 Å². The third-order valence-corrected chi connectivity index (χ3v) is 9.12. The average Bonchev–Trinajstić information content (AvgIpc) is 3.20. The number of hydrogen-bond donors (Lipinski definition) is 0. The van der Waals surface area contributed by atoms with Crippen LogP contribution in [0, 0.1) is 18.8 Å². The Morgan fingerprint density at radius 3 is 2.87 bits per heavy atom. The lowest BCUT2D eigenvalue weighted by atomic mass is 9.68. The summed E-state index contributed by atoms with van der Waals surface area (Å²) in [6, 6.07) is 11.3. The van der Waals surface area contributed by atoms with Gasteiger partial charge in [-0.25, -0.2) is 4.98 Å². The predicted molar refractivity (Wildman–Crippen MR) is 125 cm³/mol. The number of rotatable bonds is 2. The Labute approximate surface area is 189 Å². The largest absolute Gasteiger partial charge is 0.331 e. The summed E-state index contributed by atoms with van der Waals surface area (Å²) < 4.78 is 0. The fraction of sp³-hybridized carbons (Fsp3) is 0.538. The maximum Gasteiger partial charge on any atom is 0.266 e. The van der Waals surface area contributed by atoms with Crippen LogP contribution in [0.3, 0.4) is 0 Å². The molecule has 0 spiro atoms. The van der Waals surface area contributed by atoms with E-state index in [0.717, 1.165) is 40.1 Å². The average molecular weight is 434 g/mol. The predicted octanol–water partition coefficient (Wildman–Crippen LogP) is 5.15. The quantitative estimate of drug-likeness (QED) is 0.614. The van der Waals surface area contributed by atoms with E-state index in [1.807, 2.05) is 25.1 Å². The van der Waals surface area contributed by atoms with E-state index in [0.29, 0.717) is 17.9 Å². The molecular formula is C26H31N3OS. The number of nitrogens with zero attached hydrogens (tertiary/aromatic N) is 3. The number of fused-ring (bicyclic) bond motifs is 6. The molecule has 4 nitrogen and oxygen atoms in total. The molecule has 4 heterocycles. The molecule has 6 rings (SSSR count). The lowest BCUT2D eigenvalue weighted by Gasteiger charge is -2.54. The van der Waals surface area contributed by atoms with Gasteiger partial charge in [-0.05, 0) is 57.4 Å². The van der Waals surface area contributed by atoms with E-state index in [1.54, 1.807) is 16.9 Å². The lowest BCUT2D eigenvalue weighted by molar-refractivity contribution is 0.00159. The third kappa shape index (κ3) is 3.37. The van der Waals surface area contributed by atoms with Gasteiger partial charge in [0.15, 0.2) is 0 Å². The zero-order chi connectivity index (χ0) is 20.9. The van der Waals surface area contributed by atoms with Crippen LogP contribution in [0.15, 0.2) is 42.0 Å². The second kappa shape index (κ2) is 7.86. The number of aryl methyl sites for hydroxylation is 1. The molecule has 2 bridgehead atoms. The van der Waals surface area contributed by atoms with Gasteiger partial charge in [-0.3, -0.25) is 9.69 Å². The van der Waals surface area contributed by atoms with Crippen molar-refractivity contribution in [1.82, 2.24) is 14.8 Å². The van der Waals surface area contributed by atoms with Gasteiger partial charge in [0.1, 0.15) is 9.88 Å². The molecule has 2 aromatic rings. The number of likely N-dealkylation sites (tertiary alicyclic amines) is 1. The minimum Gasteiger partial charge on any atom is -0.331 e. The molecule has 1 aromatic heterocycles. The number of benzene rings is 1. The summed E-state index contributed by atoms with van der Waals surface area (Å²) in [4.78, 5) is 24.4. The van der Waals surface area contributed by atoms with Crippen LogP contribution in [0.4, 0.5) is 0 Å². The number of thiazole rings is 1. The highest BCUT2D eigenvalue weighted by atomic mass is 32.1. The third-order valence-electron chi connectivity index (χ3n) is 7.93. The molecule has 1 aromatic carbocycles. The molecule has 3 fully saturated rings. The first-order valence-corrected chi connectivity index (χ1v) is 12.8. The van der Waals surface area contributed by atoms with Gasteiger partial charge in [-0.1, -0.05) is 48.4 Å². The van der Waals surface area contributed by atoms with E-state index in [9.17, 15) is 4.79 Å². The standard InChI is InChI=1S/C26H31N3OS/c1-17-24(31-25(27-17)18-8-3-2-4-9-18)26(30)29-13-7-10-19-14-20-15-21(23(19)29)16-28-12-6-5-11-22(20)28/h2-4,8-9,14,20-23H,5-7,10-13,15-16H2,1H3/t20-,21+,22-,23+/m0/s1. The van der Waals surface area contributed by atoms with Crippen LogP contribution in [-0.2, 0) is 0 Å². The molecule has 0 N–H and O–H groups in total. The van der Waals surface area contributed by atoms with Crippen molar-refractivity contribution in [2.75, 3.05) is 19.6 Å². The van der Waals surface area contributed by atoms with Gasteiger partial charge in [-0.2, -0.15) is 0 Å². The molecule has 4 atom stereocenters. The van der Waals surface area contributed by atoms with Gasteiger partial charge in [-0.15, -0.1) is 11.3 Å². The molecule has 1 aliphatic carbocycles. The summed E-state index contributed by atoms with van der Waals surface area (Å²) in [7, 11) is 0. The first-order valence-electron chi connectivity index (χ1n) is 12.0. The molecular weight excluding hydrogens is 402 g/mol. The van der Waals surface area contributed by atoms with Gasteiger partial charge in [0.25, 0.3) is 5.91 Å². The van der Waals surface area contributed by atoms with Crippen LogP contribution >= 0.6 is 11.3 Å². The van der Waals surface area contributed by atoms with Gasteiger partial charge >= 0.3 is 0 Å². The van der Waals surface area contributed by atoms with E-state index in [4.69, 9.17) is 4.98 Å². The smallest absolute Gasteiger partial charge is 0.266 e. The maximum absolute atomic E-state index is 13.8. The van der Waals surface area contributed by atoms with Crippen LogP contribution in [0.2, 0.25) is 0 Å². The number of carbonyl (C=O) groups is 1. The van der Waals surface area contributed by atoms with Crippen LogP contribution < -0.4 is 0 Å². The summed E-state index contributed by atoms with van der Waals surface area (Å²) in [6.07, 6.45) is 10.2. The molecule has 162 valence electrons. The molecule has 0 unspecified atom stereocenters. The first-order chi connectivity index (χ1) is 15.2. The summed E-state index contributed by atoms with van der Waals surface area (Å²) in [5.74, 6) is 1.49. The van der Waals surface area contributed by atoms with Crippen molar-refractivity contribution in [2.45, 2.75) is 57.5 Å². The molecule has 0 radical (unpaired) electrons. The normalized spacial score (nSPS) is 30.4. The Morgan fingerprint density at radius 1 is 1.13 bits per heavy atom. The topological polar surface area (TPSA) is 36.4 Å². The molecule has 3 aliphatic heterocycles. The van der Waals surface area contributed by atoms with Crippen molar-refractivity contribution in [3.8, 4) is 10.6 Å². The molecule has 1 amide bonds. The van der Waals surface area contributed by atoms with E-state index in [1.165, 1.54) is 45.2 Å². The summed E-state index contributed by atoms with van der Waals surface area (Å²) in [6.45, 7) is 5.29. The second-order valence-electron chi connectivity index (χ2n) is 9.81. The molecule has 31 heavy (non-hydrogen) atoms. The van der Waals surface area contributed by atoms with Crippen LogP contribution in [0.25, 0.3) is 10.6 Å². The summed E-state index contributed by atoms with van der Waals surface area (Å²) in [5, 5.41) is 0.951. The van der Waals surface area contributed by atoms with E-state index >= 15 is 0 Å². The first kappa shape index (κ1) is 19.7. The van der Waals surface area contributed by atoms with E-state index in [2.05, 4.69) is 28.0 Å². The SMILES string of the molecule is Cc1nc(-c2ccccc2)sc1C(=O)N1CCCC2=C[C@H]3C[C@H](CN4CCCC[C@@H]34)[C@@H]21. The van der Waals surface area contributed by atoms with Crippen LogP contribution in [-0.4, -0.2) is 52.4 Å². The number of hydrogen-bond acceptors (Lipinski definition) is 4. The van der Waals surface area contributed by atoms with Crippen molar-refractivity contribution < 1.29 is 4.79 Å². The fourth-order valence-corrected chi connectivity index (χ4v) is 7.66. The van der Waals surface area contributed by atoms with Gasteiger partial charge in [0.05, 0.1) is 11.7 Å². The number of piperidine rings is 3. The van der Waals surface area contributed by atoms with E-state index < -0.39 is 0 Å². The number of aromatic nitrogens is 1. The Bertz CT molecular complexity index is 1010. The number of amides is 1. The Hall–Kier alpha value is -1.98. The molecule has 5 heteroatoms. The minimum atomic E-state index is 0.201. The van der Waals surface area contributed by atoms with Crippen LogP contribution in [0.5, 0.6) is 0 Å². The molecule has 0 saturated carbocycles. The zero-order valence-corrected chi connectivity index (χ0v) is 19.1. The Kier molecular flexibility index (Phi) is 4.99. The Morgan fingerprint density at radius 2 is 2.00 bits per heavy atom. The minimum absolute atomic E-state index is 0.201. The lowest BCUT2D eigenvalue weighted by Crippen LogP contribution is -2.60. The Balaban J connectivity index is 1.31.